The number of thioether (sulfide) groups is 4. The number of ether oxygens (including phenoxy) is 2. The van der Waals surface area contributed by atoms with E-state index in [0.717, 1.165) is 45.8 Å². The number of nitrogens with one attached hydrogen (secondary N) is 4. The lowest BCUT2D eigenvalue weighted by molar-refractivity contribution is -0.150. The van der Waals surface area contributed by atoms with Gasteiger partial charge in [-0.05, 0) is 35.4 Å². The van der Waals surface area contributed by atoms with Gasteiger partial charge in [0, 0.05) is 97.3 Å². The second-order valence-electron chi connectivity index (χ2n) is 16.3. The van der Waals surface area contributed by atoms with Crippen molar-refractivity contribution in [2.75, 3.05) is 49.3 Å². The number of pyridine rings is 2. The first-order chi connectivity index (χ1) is 35.7. The number of hydrogen-bond donors (Lipinski definition) is 6. The van der Waals surface area contributed by atoms with Crippen LogP contribution in [0.1, 0.15) is 25.0 Å². The second kappa shape index (κ2) is 28.7. The number of carboxylic acid groups (broad SMARTS) is 2. The Kier molecular flexibility index (Phi) is 21.9. The fourth-order valence-electron chi connectivity index (χ4n) is 7.40. The molecule has 6 N–H and O–H groups in total. The average Bonchev–Trinajstić information content (AvgIpc) is 3.41. The molecule has 20 nitrogen and oxygen atoms in total. The minimum Gasteiger partial charge on any atom is -0.477 e. The number of rotatable bonds is 21. The molecule has 2 aromatic heterocycles. The summed E-state index contributed by atoms with van der Waals surface area (Å²) >= 11 is 5.28. The van der Waals surface area contributed by atoms with Gasteiger partial charge in [0.2, 0.25) is 11.8 Å². The van der Waals surface area contributed by atoms with E-state index < -0.39 is 58.5 Å². The molecule has 2 saturated heterocycles. The number of β-lactam (4-membered cyclic amide) rings is 2. The van der Waals surface area contributed by atoms with Crippen molar-refractivity contribution >= 4 is 94.6 Å². The average molecular weight is 1090 g/mol. The van der Waals surface area contributed by atoms with E-state index in [0.29, 0.717) is 22.7 Å². The lowest BCUT2D eigenvalue weighted by Gasteiger charge is -2.49. The van der Waals surface area contributed by atoms with Gasteiger partial charge in [0.15, 0.2) is 0 Å². The number of hydrogen-bond acceptors (Lipinski definition) is 18. The van der Waals surface area contributed by atoms with Gasteiger partial charge >= 0.3 is 23.9 Å². The zero-order valence-corrected chi connectivity index (χ0v) is 43.4. The van der Waals surface area contributed by atoms with Gasteiger partial charge in [-0.2, -0.15) is 0 Å². The van der Waals surface area contributed by atoms with Gasteiger partial charge in [0.1, 0.15) is 47.4 Å². The van der Waals surface area contributed by atoms with E-state index in [2.05, 4.69) is 79.8 Å². The Morgan fingerprint density at radius 3 is 1.30 bits per heavy atom. The van der Waals surface area contributed by atoms with Crippen LogP contribution in [0.4, 0.5) is 0 Å². The maximum Gasteiger partial charge on any atom is 0.352 e. The Labute approximate surface area is 443 Å². The minimum atomic E-state index is -1.26. The molecule has 6 heterocycles. The normalized spacial score (nSPS) is 18.4. The summed E-state index contributed by atoms with van der Waals surface area (Å²) in [5.41, 5.74) is 3.03. The van der Waals surface area contributed by atoms with Crippen LogP contribution < -0.4 is 21.3 Å². The van der Waals surface area contributed by atoms with Gasteiger partial charge in [-0.3, -0.25) is 48.5 Å². The zero-order chi connectivity index (χ0) is 53.0. The van der Waals surface area contributed by atoms with Crippen LogP contribution in [0.15, 0.2) is 142 Å². The predicted molar refractivity (Wildman–Crippen MR) is 279 cm³/mol. The van der Waals surface area contributed by atoms with Crippen LogP contribution in [0, 0.1) is 0 Å². The largest absolute Gasteiger partial charge is 0.477 e. The molecule has 0 aliphatic carbocycles. The monoisotopic (exact) mass is 1090 g/mol. The number of aliphatic carboxylic acids is 2. The molecular weight excluding hydrogens is 1030 g/mol. The van der Waals surface area contributed by atoms with Crippen LogP contribution in [0.3, 0.4) is 0 Å². The molecule has 4 aliphatic heterocycles. The Hall–Kier alpha value is -6.70. The van der Waals surface area contributed by atoms with E-state index >= 15 is 0 Å². The smallest absolute Gasteiger partial charge is 0.352 e. The first kappa shape index (κ1) is 56.6. The summed E-state index contributed by atoms with van der Waals surface area (Å²) in [6, 6.07) is 26.5. The Balaban J connectivity index is 0.000000185. The molecule has 4 atom stereocenters. The predicted octanol–water partition coefficient (Wildman–Crippen LogP) is 3.52. The van der Waals surface area contributed by atoms with Gasteiger partial charge in [0.25, 0.3) is 11.8 Å². The van der Waals surface area contributed by atoms with Gasteiger partial charge < -0.3 is 41.0 Å². The molecule has 4 aliphatic rings. The van der Waals surface area contributed by atoms with Crippen molar-refractivity contribution in [3.05, 3.63) is 143 Å². The molecular formula is C50H54N8O12S4. The standard InChI is InChI=1S/2C17H17N3O6S2.C16H20N2/c2*1-9(21)26-6-10-7-28-16-13(15(23)20(16)14(10)17(24)25)19-12(22)8-27-11-2-4-18-5-3-11;1-3-7-15(8-4-1)13-17-11-12-18-14-16-9-5-2-6-10-16/h2*2-5,13,16H,6-8H2,1H3,(H,19,22)(H,24,25);1-10,17-18H,11-14H2/t2*13-,16-;/m11./s1. The van der Waals surface area contributed by atoms with Crippen molar-refractivity contribution in [1.82, 2.24) is 41.0 Å². The lowest BCUT2D eigenvalue weighted by atomic mass is 10.0. The van der Waals surface area contributed by atoms with Crippen LogP contribution in [-0.2, 0) is 60.9 Å². The molecule has 4 aromatic rings. The second-order valence-corrected chi connectivity index (χ2v) is 20.6. The maximum atomic E-state index is 12.5. The summed E-state index contributed by atoms with van der Waals surface area (Å²) in [4.78, 5) is 106. The number of esters is 2. The summed E-state index contributed by atoms with van der Waals surface area (Å²) < 4.78 is 9.76. The van der Waals surface area contributed by atoms with Gasteiger partial charge in [-0.25, -0.2) is 9.59 Å². The molecule has 0 spiro atoms. The van der Waals surface area contributed by atoms with E-state index in [1.807, 2.05) is 12.1 Å². The SMILES string of the molecule is CC(=O)OCC1=C(C(=O)O)N2C(=O)[C@@H](NC(=O)CSc3ccncc3)[C@H]2SC1.CC(=O)OCC1=C(C(=O)O)N2C(=O)[C@@H](NC(=O)CSc3ccncc3)[C@H]2SC1.c1ccc(CNCCNCc2ccccc2)cc1. The maximum absolute atomic E-state index is 12.5. The fraction of sp³-hybridized carbons (Fsp3) is 0.320. The molecule has 2 fully saturated rings. The Morgan fingerprint density at radius 2 is 0.959 bits per heavy atom. The molecule has 8 rings (SSSR count). The quantitative estimate of drug-likeness (QED) is 0.0301. The molecule has 0 saturated carbocycles. The lowest BCUT2D eigenvalue weighted by Crippen LogP contribution is -2.70. The first-order valence-corrected chi connectivity index (χ1v) is 27.0. The number of fused-ring (bicyclic) bond motifs is 2. The molecule has 24 heteroatoms. The molecule has 74 heavy (non-hydrogen) atoms. The molecule has 0 radical (unpaired) electrons. The van der Waals surface area contributed by atoms with Crippen LogP contribution in [0.25, 0.3) is 0 Å². The van der Waals surface area contributed by atoms with E-state index in [-0.39, 0.29) is 47.9 Å². The van der Waals surface area contributed by atoms with Crippen molar-refractivity contribution in [1.29, 1.82) is 0 Å². The number of carboxylic acids is 2. The number of amides is 4. The van der Waals surface area contributed by atoms with Crippen molar-refractivity contribution in [2.24, 2.45) is 0 Å². The first-order valence-electron chi connectivity index (χ1n) is 22.9. The number of aromatic nitrogens is 2. The molecule has 0 bridgehead atoms. The molecule has 4 amide bonds. The highest BCUT2D eigenvalue weighted by atomic mass is 32.2. The van der Waals surface area contributed by atoms with E-state index in [1.54, 1.807) is 49.1 Å². The summed E-state index contributed by atoms with van der Waals surface area (Å²) in [6.45, 7) is 5.94. The summed E-state index contributed by atoms with van der Waals surface area (Å²) in [5, 5.41) is 30.2. The highest BCUT2D eigenvalue weighted by Crippen LogP contribution is 2.42. The Bertz CT molecular complexity index is 2510. The Morgan fingerprint density at radius 1 is 0.595 bits per heavy atom. The van der Waals surface area contributed by atoms with Crippen molar-refractivity contribution in [3.63, 3.8) is 0 Å². The fourth-order valence-corrected chi connectivity index (χ4v) is 11.4. The molecule has 0 unspecified atom stereocenters. The van der Waals surface area contributed by atoms with Gasteiger partial charge in [-0.1, -0.05) is 60.7 Å². The number of carbonyl (C=O) groups excluding carboxylic acids is 6. The van der Waals surface area contributed by atoms with Crippen LogP contribution in [0.2, 0.25) is 0 Å². The third kappa shape index (κ3) is 16.4. The van der Waals surface area contributed by atoms with Crippen LogP contribution in [-0.4, -0.2) is 150 Å². The van der Waals surface area contributed by atoms with E-state index in [1.165, 1.54) is 72.0 Å². The van der Waals surface area contributed by atoms with Gasteiger partial charge in [0.05, 0.1) is 11.5 Å². The highest BCUT2D eigenvalue weighted by Gasteiger charge is 2.55. The van der Waals surface area contributed by atoms with Gasteiger partial charge in [-0.15, -0.1) is 47.0 Å². The number of benzene rings is 2. The summed E-state index contributed by atoms with van der Waals surface area (Å²) in [7, 11) is 0. The summed E-state index contributed by atoms with van der Waals surface area (Å²) in [6.07, 6.45) is 6.50. The number of nitrogens with zero attached hydrogens (tertiary/aromatic N) is 4. The van der Waals surface area contributed by atoms with Crippen LogP contribution >= 0.6 is 47.0 Å². The highest BCUT2D eigenvalue weighted by molar-refractivity contribution is 8.01. The van der Waals surface area contributed by atoms with Crippen molar-refractivity contribution < 1.29 is 58.0 Å². The molecule has 390 valence electrons. The van der Waals surface area contributed by atoms with Crippen molar-refractivity contribution in [2.45, 2.75) is 59.6 Å². The zero-order valence-electron chi connectivity index (χ0n) is 40.2. The van der Waals surface area contributed by atoms with Crippen molar-refractivity contribution in [3.8, 4) is 0 Å². The molecule has 2 aromatic carbocycles. The third-order valence-electron chi connectivity index (χ3n) is 10.9. The van der Waals surface area contributed by atoms with E-state index in [4.69, 9.17) is 9.47 Å². The van der Waals surface area contributed by atoms with E-state index in [9.17, 15) is 48.6 Å². The minimum absolute atomic E-state index is 0.129. The number of carbonyl (C=O) groups is 8. The third-order valence-corrected chi connectivity index (χ3v) is 15.6. The van der Waals surface area contributed by atoms with Crippen LogP contribution in [0.5, 0.6) is 0 Å². The summed E-state index contributed by atoms with van der Waals surface area (Å²) in [5.74, 6) is -4.35. The topological polar surface area (TPSA) is 276 Å².